The first-order valence-electron chi connectivity index (χ1n) is 35.6. The molecule has 0 bridgehead atoms. The average molecular weight is 1100 g/mol. The lowest BCUT2D eigenvalue weighted by Crippen LogP contribution is -2.45. The monoisotopic (exact) mass is 1100 g/mol. The topological polar surface area (TPSA) is 95.9 Å². The van der Waals surface area contributed by atoms with E-state index in [-0.39, 0.29) is 18.5 Å². The molecule has 6 nitrogen and oxygen atoms in total. The van der Waals surface area contributed by atoms with Crippen LogP contribution in [0, 0.1) is 0 Å². The van der Waals surface area contributed by atoms with Gasteiger partial charge in [-0.1, -0.05) is 353 Å². The summed E-state index contributed by atoms with van der Waals surface area (Å²) in [5.74, 6) is -0.0149. The lowest BCUT2D eigenvalue weighted by Gasteiger charge is -2.22. The summed E-state index contributed by atoms with van der Waals surface area (Å²) in [4.78, 5) is 24.6. The van der Waals surface area contributed by atoms with Crippen LogP contribution in [0.25, 0.3) is 0 Å². The smallest absolute Gasteiger partial charge is 0.305 e. The number of hydrogen-bond acceptors (Lipinski definition) is 5. The van der Waals surface area contributed by atoms with Gasteiger partial charge in [-0.3, -0.25) is 9.59 Å². The molecule has 1 amide bonds. The summed E-state index contributed by atoms with van der Waals surface area (Å²) in [6.45, 7) is 4.95. The van der Waals surface area contributed by atoms with Crippen LogP contribution in [0.15, 0.2) is 24.3 Å². The molecule has 0 aliphatic heterocycles. The summed E-state index contributed by atoms with van der Waals surface area (Å²) in [6.07, 6.45) is 85.3. The van der Waals surface area contributed by atoms with Crippen molar-refractivity contribution in [3.63, 3.8) is 0 Å². The number of carbonyl (C=O) groups is 2. The molecular formula is C72H139NO5. The maximum Gasteiger partial charge on any atom is 0.305 e. The van der Waals surface area contributed by atoms with Crippen molar-refractivity contribution in [3.8, 4) is 0 Å². The Bertz CT molecular complexity index is 1220. The second-order valence-electron chi connectivity index (χ2n) is 24.6. The number of hydrogen-bond donors (Lipinski definition) is 3. The number of ether oxygens (including phenoxy) is 1. The largest absolute Gasteiger partial charge is 0.466 e. The van der Waals surface area contributed by atoms with Crippen LogP contribution < -0.4 is 5.32 Å². The number of esters is 1. The molecule has 0 aliphatic rings. The summed E-state index contributed by atoms with van der Waals surface area (Å²) in [7, 11) is 0. The van der Waals surface area contributed by atoms with E-state index in [0.717, 1.165) is 51.4 Å². The number of unbranched alkanes of at least 4 members (excludes halogenated alkanes) is 52. The molecule has 0 aromatic rings. The van der Waals surface area contributed by atoms with Gasteiger partial charge in [0.05, 0.1) is 25.4 Å². The van der Waals surface area contributed by atoms with Gasteiger partial charge in [-0.05, 0) is 57.8 Å². The van der Waals surface area contributed by atoms with Crippen LogP contribution in [-0.4, -0.2) is 47.4 Å². The predicted octanol–water partition coefficient (Wildman–Crippen LogP) is 22.9. The van der Waals surface area contributed by atoms with Crippen molar-refractivity contribution in [2.75, 3.05) is 13.2 Å². The van der Waals surface area contributed by atoms with Gasteiger partial charge in [0.25, 0.3) is 0 Å². The van der Waals surface area contributed by atoms with Gasteiger partial charge < -0.3 is 20.3 Å². The molecule has 0 saturated heterocycles. The molecule has 0 heterocycles. The van der Waals surface area contributed by atoms with E-state index in [4.69, 9.17) is 4.74 Å². The molecule has 0 aromatic carbocycles. The minimum atomic E-state index is -0.659. The Morgan fingerprint density at radius 1 is 0.359 bits per heavy atom. The maximum atomic E-state index is 12.5. The quantitative estimate of drug-likeness (QED) is 0.0320. The van der Waals surface area contributed by atoms with Crippen LogP contribution >= 0.6 is 0 Å². The molecular weight excluding hydrogens is 959 g/mol. The predicted molar refractivity (Wildman–Crippen MR) is 343 cm³/mol. The van der Waals surface area contributed by atoms with E-state index in [0.29, 0.717) is 25.9 Å². The molecule has 0 spiro atoms. The van der Waals surface area contributed by atoms with Crippen molar-refractivity contribution in [1.82, 2.24) is 5.32 Å². The van der Waals surface area contributed by atoms with E-state index in [1.807, 2.05) is 0 Å². The van der Waals surface area contributed by atoms with Gasteiger partial charge in [0.2, 0.25) is 5.91 Å². The molecule has 2 unspecified atom stereocenters. The van der Waals surface area contributed by atoms with Crippen molar-refractivity contribution in [2.24, 2.45) is 0 Å². The van der Waals surface area contributed by atoms with Crippen LogP contribution in [0.1, 0.15) is 399 Å². The first-order chi connectivity index (χ1) is 38.5. The SMILES string of the molecule is CCCCC/C=C\C/C=C\CCCCCCCCCC(=O)OCCCCCCCCCCCCCCCCCCCCCCCCCCCCCCCCCCC(=O)NC(CO)C(O)CCCCCCCCCCCCCC. The van der Waals surface area contributed by atoms with E-state index < -0.39 is 12.1 Å². The summed E-state index contributed by atoms with van der Waals surface area (Å²) in [6, 6.07) is -0.536. The minimum absolute atomic E-state index is 0.0140. The molecule has 3 N–H and O–H groups in total. The highest BCUT2D eigenvalue weighted by atomic mass is 16.5. The number of carbonyl (C=O) groups excluding carboxylic acids is 2. The lowest BCUT2D eigenvalue weighted by molar-refractivity contribution is -0.143. The molecule has 78 heavy (non-hydrogen) atoms. The molecule has 0 fully saturated rings. The third kappa shape index (κ3) is 63.5. The van der Waals surface area contributed by atoms with E-state index in [1.54, 1.807) is 0 Å². The normalized spacial score (nSPS) is 12.6. The van der Waals surface area contributed by atoms with Gasteiger partial charge in [-0.15, -0.1) is 0 Å². The minimum Gasteiger partial charge on any atom is -0.466 e. The summed E-state index contributed by atoms with van der Waals surface area (Å²) in [5, 5.41) is 23.3. The Labute approximate surface area is 488 Å². The van der Waals surface area contributed by atoms with Crippen molar-refractivity contribution < 1.29 is 24.5 Å². The van der Waals surface area contributed by atoms with Crippen LogP contribution in [0.2, 0.25) is 0 Å². The fourth-order valence-electron chi connectivity index (χ4n) is 11.3. The van der Waals surface area contributed by atoms with E-state index >= 15 is 0 Å². The zero-order valence-corrected chi connectivity index (χ0v) is 52.9. The lowest BCUT2D eigenvalue weighted by atomic mass is 10.0. The third-order valence-electron chi connectivity index (χ3n) is 16.8. The molecule has 462 valence electrons. The zero-order valence-electron chi connectivity index (χ0n) is 52.9. The number of amides is 1. The molecule has 0 aliphatic carbocycles. The number of aliphatic hydroxyl groups is 2. The number of allylic oxidation sites excluding steroid dienone is 4. The first kappa shape index (κ1) is 76.3. The second kappa shape index (κ2) is 67.8. The van der Waals surface area contributed by atoms with Crippen molar-refractivity contribution >= 4 is 11.9 Å². The summed E-state index contributed by atoms with van der Waals surface area (Å²) in [5.41, 5.74) is 0. The van der Waals surface area contributed by atoms with Crippen LogP contribution in [0.5, 0.6) is 0 Å². The van der Waals surface area contributed by atoms with Gasteiger partial charge in [0, 0.05) is 12.8 Å². The molecule has 0 radical (unpaired) electrons. The summed E-state index contributed by atoms with van der Waals surface area (Å²) >= 11 is 0. The Morgan fingerprint density at radius 2 is 0.641 bits per heavy atom. The van der Waals surface area contributed by atoms with Crippen molar-refractivity contribution in [1.29, 1.82) is 0 Å². The average Bonchev–Trinajstić information content (AvgIpc) is 3.44. The van der Waals surface area contributed by atoms with Crippen LogP contribution in [-0.2, 0) is 14.3 Å². The fourth-order valence-corrected chi connectivity index (χ4v) is 11.3. The Hall–Kier alpha value is -1.66. The van der Waals surface area contributed by atoms with Crippen LogP contribution in [0.3, 0.4) is 0 Å². The summed E-state index contributed by atoms with van der Waals surface area (Å²) < 4.78 is 5.50. The van der Waals surface area contributed by atoms with E-state index in [2.05, 4.69) is 43.5 Å². The van der Waals surface area contributed by atoms with Gasteiger partial charge in [0.1, 0.15) is 0 Å². The Kier molecular flexibility index (Phi) is 66.4. The van der Waals surface area contributed by atoms with Gasteiger partial charge in [-0.25, -0.2) is 0 Å². The molecule has 6 heteroatoms. The first-order valence-corrected chi connectivity index (χ1v) is 35.6. The number of aliphatic hydroxyl groups excluding tert-OH is 2. The molecule has 0 rings (SSSR count). The highest BCUT2D eigenvalue weighted by Gasteiger charge is 2.20. The maximum absolute atomic E-state index is 12.5. The van der Waals surface area contributed by atoms with Gasteiger partial charge in [-0.2, -0.15) is 0 Å². The number of rotatable bonds is 67. The Balaban J connectivity index is 3.30. The van der Waals surface area contributed by atoms with Crippen molar-refractivity contribution in [3.05, 3.63) is 24.3 Å². The van der Waals surface area contributed by atoms with E-state index in [1.165, 1.54) is 315 Å². The Morgan fingerprint density at radius 3 is 1.00 bits per heavy atom. The zero-order chi connectivity index (χ0) is 56.4. The van der Waals surface area contributed by atoms with E-state index in [9.17, 15) is 19.8 Å². The van der Waals surface area contributed by atoms with Gasteiger partial charge >= 0.3 is 5.97 Å². The fraction of sp³-hybridized carbons (Fsp3) is 0.917. The highest BCUT2D eigenvalue weighted by molar-refractivity contribution is 5.76. The third-order valence-corrected chi connectivity index (χ3v) is 16.8. The van der Waals surface area contributed by atoms with Crippen LogP contribution in [0.4, 0.5) is 0 Å². The highest BCUT2D eigenvalue weighted by Crippen LogP contribution is 2.19. The molecule has 2 atom stereocenters. The standard InChI is InChI=1S/C72H139NO5/c1-3-5-7-9-11-13-15-17-18-35-39-42-46-50-54-58-62-66-72(77)78-67-63-59-55-51-47-43-40-37-34-32-30-28-26-24-22-20-19-21-23-25-27-29-31-33-36-38-41-45-49-53-57-61-65-71(76)73-69(68-74)70(75)64-60-56-52-48-44-16-14-12-10-8-6-4-2/h11,13,17-18,69-70,74-75H,3-10,12,14-16,19-68H2,1-2H3,(H,73,76)/b13-11-,18-17-. The molecule has 0 aromatic heterocycles. The number of nitrogens with one attached hydrogen (secondary N) is 1. The van der Waals surface area contributed by atoms with Crippen molar-refractivity contribution in [2.45, 2.75) is 411 Å². The van der Waals surface area contributed by atoms with Gasteiger partial charge in [0.15, 0.2) is 0 Å². The molecule has 0 saturated carbocycles. The second-order valence-corrected chi connectivity index (χ2v) is 24.6.